The molecule has 0 atom stereocenters. The van der Waals surface area contributed by atoms with Crippen LogP contribution in [0.1, 0.15) is 5.56 Å². The van der Waals surface area contributed by atoms with Crippen molar-refractivity contribution < 1.29 is 9.47 Å². The number of hydrogen-bond donors (Lipinski definition) is 0. The molecule has 1 heterocycles. The molecule has 2 rings (SSSR count). The van der Waals surface area contributed by atoms with Crippen molar-refractivity contribution in [2.24, 2.45) is 0 Å². The van der Waals surface area contributed by atoms with Gasteiger partial charge in [-0.2, -0.15) is 0 Å². The summed E-state index contributed by atoms with van der Waals surface area (Å²) < 4.78 is 10.6. The van der Waals surface area contributed by atoms with Crippen LogP contribution in [0.2, 0.25) is 0 Å². The Labute approximate surface area is 101 Å². The molecule has 0 amide bonds. The molecule has 2 aromatic rings. The molecule has 0 bridgehead atoms. The second-order valence-corrected chi connectivity index (χ2v) is 3.76. The number of aromatic nitrogens is 1. The largest absolute Gasteiger partial charge is 0.496 e. The van der Waals surface area contributed by atoms with Gasteiger partial charge in [0.2, 0.25) is 0 Å². The minimum atomic E-state index is 0.775. The number of rotatable bonds is 3. The Balaban J connectivity index is 2.49. The van der Waals surface area contributed by atoms with Crippen molar-refractivity contribution >= 4 is 0 Å². The van der Waals surface area contributed by atoms with Gasteiger partial charge in [0.25, 0.3) is 0 Å². The molecule has 3 nitrogen and oxygen atoms in total. The fraction of sp³-hybridized carbons (Fsp3) is 0.214. The Morgan fingerprint density at radius 3 is 2.41 bits per heavy atom. The lowest BCUT2D eigenvalue weighted by molar-refractivity contribution is 0.411. The first-order chi connectivity index (χ1) is 8.26. The van der Waals surface area contributed by atoms with E-state index in [1.165, 1.54) is 0 Å². The van der Waals surface area contributed by atoms with Gasteiger partial charge in [0.15, 0.2) is 0 Å². The van der Waals surface area contributed by atoms with Crippen LogP contribution in [0.3, 0.4) is 0 Å². The lowest BCUT2D eigenvalue weighted by Crippen LogP contribution is -1.91. The minimum Gasteiger partial charge on any atom is -0.496 e. The Kier molecular flexibility index (Phi) is 3.28. The van der Waals surface area contributed by atoms with Gasteiger partial charge in [-0.05, 0) is 36.2 Å². The Morgan fingerprint density at radius 2 is 1.76 bits per heavy atom. The van der Waals surface area contributed by atoms with Crippen molar-refractivity contribution in [3.63, 3.8) is 0 Å². The molecule has 0 aliphatic heterocycles. The van der Waals surface area contributed by atoms with Crippen LogP contribution < -0.4 is 9.47 Å². The minimum absolute atomic E-state index is 0.775. The zero-order valence-corrected chi connectivity index (χ0v) is 10.2. The normalized spacial score (nSPS) is 10.1. The summed E-state index contributed by atoms with van der Waals surface area (Å²) in [6, 6.07) is 8.00. The SMILES string of the molecule is COc1ccc(-c2ccncc2OC)cc1C. The van der Waals surface area contributed by atoms with Crippen molar-refractivity contribution in [2.75, 3.05) is 14.2 Å². The second-order valence-electron chi connectivity index (χ2n) is 3.76. The van der Waals surface area contributed by atoms with Crippen molar-refractivity contribution in [1.82, 2.24) is 4.98 Å². The highest BCUT2D eigenvalue weighted by Crippen LogP contribution is 2.31. The molecule has 1 aromatic heterocycles. The Bertz CT molecular complexity index is 523. The van der Waals surface area contributed by atoms with Crippen LogP contribution in [-0.2, 0) is 0 Å². The topological polar surface area (TPSA) is 31.4 Å². The van der Waals surface area contributed by atoms with Gasteiger partial charge in [0.05, 0.1) is 20.4 Å². The molecule has 1 aromatic carbocycles. The predicted octanol–water partition coefficient (Wildman–Crippen LogP) is 3.07. The van der Waals surface area contributed by atoms with Crippen LogP contribution >= 0.6 is 0 Å². The van der Waals surface area contributed by atoms with E-state index in [0.717, 1.165) is 28.2 Å². The van der Waals surface area contributed by atoms with Gasteiger partial charge in [-0.3, -0.25) is 4.98 Å². The molecule has 0 spiro atoms. The second kappa shape index (κ2) is 4.87. The van der Waals surface area contributed by atoms with Crippen LogP contribution in [0, 0.1) is 6.92 Å². The highest BCUT2D eigenvalue weighted by atomic mass is 16.5. The Morgan fingerprint density at radius 1 is 1.00 bits per heavy atom. The van der Waals surface area contributed by atoms with Crippen molar-refractivity contribution in [2.45, 2.75) is 6.92 Å². The fourth-order valence-electron chi connectivity index (χ4n) is 1.83. The number of nitrogens with zero attached hydrogens (tertiary/aromatic N) is 1. The number of pyridine rings is 1. The number of benzene rings is 1. The van der Waals surface area contributed by atoms with Gasteiger partial charge < -0.3 is 9.47 Å². The van der Waals surface area contributed by atoms with Gasteiger partial charge in [-0.1, -0.05) is 6.07 Å². The van der Waals surface area contributed by atoms with Crippen molar-refractivity contribution in [3.05, 3.63) is 42.2 Å². The molecule has 0 unspecified atom stereocenters. The van der Waals surface area contributed by atoms with E-state index in [4.69, 9.17) is 9.47 Å². The molecule has 0 fully saturated rings. The molecule has 88 valence electrons. The van der Waals surface area contributed by atoms with E-state index in [0.29, 0.717) is 0 Å². The van der Waals surface area contributed by atoms with Crippen LogP contribution in [0.15, 0.2) is 36.7 Å². The number of ether oxygens (including phenoxy) is 2. The standard InChI is InChI=1S/C14H15NO2/c1-10-8-11(4-5-13(10)16-2)12-6-7-15-9-14(12)17-3/h4-9H,1-3H3. The molecule has 3 heteroatoms. The molecule has 0 saturated heterocycles. The van der Waals surface area contributed by atoms with Gasteiger partial charge in [-0.15, -0.1) is 0 Å². The molecular formula is C14H15NO2. The first kappa shape index (κ1) is 11.5. The quantitative estimate of drug-likeness (QED) is 0.810. The summed E-state index contributed by atoms with van der Waals surface area (Å²) in [5.74, 6) is 1.67. The molecule has 0 saturated carbocycles. The molecule has 0 aliphatic carbocycles. The summed E-state index contributed by atoms with van der Waals surface area (Å²) >= 11 is 0. The third-order valence-electron chi connectivity index (χ3n) is 2.71. The zero-order chi connectivity index (χ0) is 12.3. The first-order valence-electron chi connectivity index (χ1n) is 5.39. The lowest BCUT2D eigenvalue weighted by atomic mass is 10.0. The third kappa shape index (κ3) is 2.23. The molecule has 17 heavy (non-hydrogen) atoms. The predicted molar refractivity (Wildman–Crippen MR) is 67.5 cm³/mol. The van der Waals surface area contributed by atoms with Crippen molar-refractivity contribution in [3.8, 4) is 22.6 Å². The highest BCUT2D eigenvalue weighted by Gasteiger charge is 2.07. The average Bonchev–Trinajstić information content (AvgIpc) is 2.38. The molecule has 0 aliphatic rings. The monoisotopic (exact) mass is 229 g/mol. The van der Waals surface area contributed by atoms with E-state index in [-0.39, 0.29) is 0 Å². The maximum absolute atomic E-state index is 5.30. The average molecular weight is 229 g/mol. The number of hydrogen-bond acceptors (Lipinski definition) is 3. The third-order valence-corrected chi connectivity index (χ3v) is 2.71. The summed E-state index contributed by atoms with van der Waals surface area (Å²) in [6.07, 6.45) is 3.48. The van der Waals surface area contributed by atoms with Gasteiger partial charge >= 0.3 is 0 Å². The van der Waals surface area contributed by atoms with Crippen LogP contribution in [-0.4, -0.2) is 19.2 Å². The van der Waals surface area contributed by atoms with E-state index in [1.54, 1.807) is 26.6 Å². The van der Waals surface area contributed by atoms with Crippen molar-refractivity contribution in [1.29, 1.82) is 0 Å². The van der Waals surface area contributed by atoms with E-state index in [2.05, 4.69) is 11.1 Å². The fourth-order valence-corrected chi connectivity index (χ4v) is 1.83. The number of aryl methyl sites for hydroxylation is 1. The van der Waals surface area contributed by atoms with Crippen LogP contribution in [0.4, 0.5) is 0 Å². The van der Waals surface area contributed by atoms with Crippen LogP contribution in [0.5, 0.6) is 11.5 Å². The zero-order valence-electron chi connectivity index (χ0n) is 10.2. The molecule has 0 radical (unpaired) electrons. The van der Waals surface area contributed by atoms with E-state index in [9.17, 15) is 0 Å². The smallest absolute Gasteiger partial charge is 0.144 e. The first-order valence-corrected chi connectivity index (χ1v) is 5.39. The summed E-state index contributed by atoms with van der Waals surface area (Å²) in [7, 11) is 3.33. The van der Waals surface area contributed by atoms with E-state index in [1.807, 2.05) is 25.1 Å². The Hall–Kier alpha value is -2.03. The molecular weight excluding hydrogens is 214 g/mol. The lowest BCUT2D eigenvalue weighted by Gasteiger charge is -2.10. The maximum Gasteiger partial charge on any atom is 0.144 e. The highest BCUT2D eigenvalue weighted by molar-refractivity contribution is 5.71. The van der Waals surface area contributed by atoms with Gasteiger partial charge in [0, 0.05) is 11.8 Å². The summed E-state index contributed by atoms with van der Waals surface area (Å²) in [6.45, 7) is 2.02. The summed E-state index contributed by atoms with van der Waals surface area (Å²) in [5, 5.41) is 0. The maximum atomic E-state index is 5.30. The number of methoxy groups -OCH3 is 2. The van der Waals surface area contributed by atoms with Crippen LogP contribution in [0.25, 0.3) is 11.1 Å². The summed E-state index contributed by atoms with van der Waals surface area (Å²) in [4.78, 5) is 4.05. The van der Waals surface area contributed by atoms with E-state index >= 15 is 0 Å². The van der Waals surface area contributed by atoms with Gasteiger partial charge in [0.1, 0.15) is 11.5 Å². The van der Waals surface area contributed by atoms with E-state index < -0.39 is 0 Å². The summed E-state index contributed by atoms with van der Waals surface area (Å²) in [5.41, 5.74) is 3.24. The molecule has 0 N–H and O–H groups in total. The van der Waals surface area contributed by atoms with Gasteiger partial charge in [-0.25, -0.2) is 0 Å².